The minimum absolute atomic E-state index is 0.624. The molecule has 19 heavy (non-hydrogen) atoms. The van der Waals surface area contributed by atoms with Crippen LogP contribution >= 0.6 is 0 Å². The summed E-state index contributed by atoms with van der Waals surface area (Å²) in [7, 11) is 0. The zero-order valence-electron chi connectivity index (χ0n) is 12.3. The van der Waals surface area contributed by atoms with Crippen molar-refractivity contribution in [1.82, 2.24) is 5.32 Å². The zero-order valence-corrected chi connectivity index (χ0v) is 12.3. The molecule has 1 rings (SSSR count). The second-order valence-corrected chi connectivity index (χ2v) is 4.59. The minimum atomic E-state index is 0.624. The first-order chi connectivity index (χ1) is 9.36. The highest BCUT2D eigenvalue weighted by Gasteiger charge is 1.96. The molecule has 1 N–H and O–H groups in total. The van der Waals surface area contributed by atoms with Crippen LogP contribution in [-0.4, -0.2) is 26.4 Å². The van der Waals surface area contributed by atoms with E-state index in [1.54, 1.807) is 0 Å². The molecule has 108 valence electrons. The van der Waals surface area contributed by atoms with E-state index in [0.29, 0.717) is 13.2 Å². The van der Waals surface area contributed by atoms with Gasteiger partial charge in [0.25, 0.3) is 0 Å². The number of nitrogens with one attached hydrogen (secondary N) is 1. The van der Waals surface area contributed by atoms with Crippen LogP contribution < -0.4 is 10.1 Å². The average molecular weight is 265 g/mol. The Bertz CT molecular complexity index is 311. The van der Waals surface area contributed by atoms with Crippen molar-refractivity contribution in [2.24, 2.45) is 0 Å². The normalized spacial score (nSPS) is 10.6. The van der Waals surface area contributed by atoms with Gasteiger partial charge in [0.15, 0.2) is 0 Å². The molecule has 0 heterocycles. The highest BCUT2D eigenvalue weighted by molar-refractivity contribution is 5.27. The van der Waals surface area contributed by atoms with Gasteiger partial charge in [-0.2, -0.15) is 0 Å². The van der Waals surface area contributed by atoms with Gasteiger partial charge in [-0.1, -0.05) is 38.8 Å². The van der Waals surface area contributed by atoms with E-state index < -0.39 is 0 Å². The molecule has 0 saturated heterocycles. The molecular formula is C16H27NO2. The van der Waals surface area contributed by atoms with E-state index in [2.05, 4.69) is 31.3 Å². The fourth-order valence-corrected chi connectivity index (χ4v) is 1.75. The lowest BCUT2D eigenvalue weighted by Gasteiger charge is -2.08. The predicted octanol–water partition coefficient (Wildman–Crippen LogP) is 3.38. The largest absolute Gasteiger partial charge is 0.491 e. The van der Waals surface area contributed by atoms with Crippen LogP contribution in [0.15, 0.2) is 24.3 Å². The lowest BCUT2D eigenvalue weighted by atomic mass is 10.2. The Kier molecular flexibility index (Phi) is 9.11. The average Bonchev–Trinajstić information content (AvgIpc) is 2.45. The summed E-state index contributed by atoms with van der Waals surface area (Å²) in [6, 6.07) is 8.23. The molecule has 1 aromatic rings. The van der Waals surface area contributed by atoms with Crippen molar-refractivity contribution >= 4 is 0 Å². The smallest absolute Gasteiger partial charge is 0.119 e. The minimum Gasteiger partial charge on any atom is -0.491 e. The molecule has 0 spiro atoms. The van der Waals surface area contributed by atoms with E-state index in [1.165, 1.54) is 18.4 Å². The van der Waals surface area contributed by atoms with Crippen molar-refractivity contribution in [3.63, 3.8) is 0 Å². The van der Waals surface area contributed by atoms with Gasteiger partial charge < -0.3 is 14.8 Å². The fraction of sp³-hybridized carbons (Fsp3) is 0.625. The topological polar surface area (TPSA) is 30.5 Å². The molecule has 0 aliphatic heterocycles. The molecule has 0 amide bonds. The van der Waals surface area contributed by atoms with Gasteiger partial charge in [-0.3, -0.25) is 0 Å². The van der Waals surface area contributed by atoms with Gasteiger partial charge in [0.05, 0.1) is 6.61 Å². The van der Waals surface area contributed by atoms with Crippen LogP contribution in [0.25, 0.3) is 0 Å². The van der Waals surface area contributed by atoms with Crippen molar-refractivity contribution in [1.29, 1.82) is 0 Å². The van der Waals surface area contributed by atoms with E-state index in [9.17, 15) is 0 Å². The summed E-state index contributed by atoms with van der Waals surface area (Å²) in [6.07, 6.45) is 3.63. The Morgan fingerprint density at radius 3 is 2.42 bits per heavy atom. The number of unbranched alkanes of at least 4 members (excludes halogenated alkanes) is 2. The lowest BCUT2D eigenvalue weighted by molar-refractivity contribution is 0.0973. The van der Waals surface area contributed by atoms with E-state index in [1.807, 2.05) is 12.1 Å². The molecular weight excluding hydrogens is 238 g/mol. The number of benzene rings is 1. The van der Waals surface area contributed by atoms with E-state index in [-0.39, 0.29) is 0 Å². The van der Waals surface area contributed by atoms with Crippen molar-refractivity contribution in [2.45, 2.75) is 39.7 Å². The van der Waals surface area contributed by atoms with Crippen molar-refractivity contribution < 1.29 is 9.47 Å². The van der Waals surface area contributed by atoms with Crippen LogP contribution in [0.4, 0.5) is 0 Å². The van der Waals surface area contributed by atoms with Crippen LogP contribution in [0, 0.1) is 0 Å². The maximum absolute atomic E-state index is 5.63. The number of ether oxygens (including phenoxy) is 2. The first-order valence-electron chi connectivity index (χ1n) is 7.37. The number of hydrogen-bond donors (Lipinski definition) is 1. The predicted molar refractivity (Wildman–Crippen MR) is 79.7 cm³/mol. The summed E-state index contributed by atoms with van der Waals surface area (Å²) >= 11 is 0. The van der Waals surface area contributed by atoms with Crippen LogP contribution in [0.5, 0.6) is 5.75 Å². The summed E-state index contributed by atoms with van der Waals surface area (Å²) in [6.45, 7) is 8.35. The Morgan fingerprint density at radius 1 is 0.947 bits per heavy atom. The molecule has 0 radical (unpaired) electrons. The molecule has 1 aromatic carbocycles. The molecule has 0 aromatic heterocycles. The quantitative estimate of drug-likeness (QED) is 0.622. The molecule has 0 bridgehead atoms. The second-order valence-electron chi connectivity index (χ2n) is 4.59. The lowest BCUT2D eigenvalue weighted by Crippen LogP contribution is -2.11. The van der Waals surface area contributed by atoms with E-state index >= 15 is 0 Å². The maximum Gasteiger partial charge on any atom is 0.119 e. The molecule has 3 nitrogen and oxygen atoms in total. The first kappa shape index (κ1) is 16.0. The molecule has 3 heteroatoms. The summed E-state index contributed by atoms with van der Waals surface area (Å²) in [5.74, 6) is 0.914. The van der Waals surface area contributed by atoms with Gasteiger partial charge in [0.1, 0.15) is 12.4 Å². The van der Waals surface area contributed by atoms with Gasteiger partial charge in [0, 0.05) is 13.2 Å². The summed E-state index contributed by atoms with van der Waals surface area (Å²) in [5, 5.41) is 3.30. The molecule has 0 saturated carbocycles. The van der Waals surface area contributed by atoms with Gasteiger partial charge in [-0.15, -0.1) is 0 Å². The summed E-state index contributed by atoms with van der Waals surface area (Å²) in [4.78, 5) is 0. The van der Waals surface area contributed by atoms with Crippen molar-refractivity contribution in [3.8, 4) is 5.75 Å². The zero-order chi connectivity index (χ0) is 13.8. The Labute approximate surface area is 117 Å². The molecule has 0 aliphatic carbocycles. The number of rotatable bonds is 11. The highest BCUT2D eigenvalue weighted by atomic mass is 16.5. The van der Waals surface area contributed by atoms with Crippen LogP contribution in [-0.2, 0) is 11.3 Å². The van der Waals surface area contributed by atoms with Crippen LogP contribution in [0.3, 0.4) is 0 Å². The maximum atomic E-state index is 5.63. The SMILES string of the molecule is CCCCCOCCOc1ccc(CNCC)cc1. The van der Waals surface area contributed by atoms with Gasteiger partial charge >= 0.3 is 0 Å². The third-order valence-corrected chi connectivity index (χ3v) is 2.89. The molecule has 0 atom stereocenters. The van der Waals surface area contributed by atoms with Crippen LogP contribution in [0.1, 0.15) is 38.7 Å². The summed E-state index contributed by atoms with van der Waals surface area (Å²) in [5.41, 5.74) is 1.28. The Morgan fingerprint density at radius 2 is 1.74 bits per heavy atom. The summed E-state index contributed by atoms with van der Waals surface area (Å²) < 4.78 is 11.1. The van der Waals surface area contributed by atoms with Crippen molar-refractivity contribution in [3.05, 3.63) is 29.8 Å². The Hall–Kier alpha value is -1.06. The number of hydrogen-bond acceptors (Lipinski definition) is 3. The van der Waals surface area contributed by atoms with E-state index in [4.69, 9.17) is 9.47 Å². The first-order valence-corrected chi connectivity index (χ1v) is 7.37. The Balaban J connectivity index is 2.09. The van der Waals surface area contributed by atoms with Crippen molar-refractivity contribution in [2.75, 3.05) is 26.4 Å². The third kappa shape index (κ3) is 7.85. The molecule has 0 unspecified atom stereocenters. The second kappa shape index (κ2) is 10.8. The molecule has 0 fully saturated rings. The van der Waals surface area contributed by atoms with Gasteiger partial charge in [-0.05, 0) is 30.7 Å². The van der Waals surface area contributed by atoms with Gasteiger partial charge in [0.2, 0.25) is 0 Å². The monoisotopic (exact) mass is 265 g/mol. The highest BCUT2D eigenvalue weighted by Crippen LogP contribution is 2.11. The van der Waals surface area contributed by atoms with E-state index in [0.717, 1.165) is 31.9 Å². The standard InChI is InChI=1S/C16H27NO2/c1-3-5-6-11-18-12-13-19-16-9-7-15(8-10-16)14-17-4-2/h7-10,17H,3-6,11-14H2,1-2H3. The van der Waals surface area contributed by atoms with Gasteiger partial charge in [-0.25, -0.2) is 0 Å². The molecule has 0 aliphatic rings. The third-order valence-electron chi connectivity index (χ3n) is 2.89. The fourth-order valence-electron chi connectivity index (χ4n) is 1.75. The van der Waals surface area contributed by atoms with Crippen LogP contribution in [0.2, 0.25) is 0 Å².